The maximum absolute atomic E-state index is 6.24. The largest absolute Gasteiger partial charge is 0.454 e. The maximum atomic E-state index is 6.24. The van der Waals surface area contributed by atoms with E-state index in [0.717, 1.165) is 44.1 Å². The molecule has 0 saturated carbocycles. The van der Waals surface area contributed by atoms with Gasteiger partial charge in [0, 0.05) is 34.1 Å². The third kappa shape index (κ3) is 2.60. The van der Waals surface area contributed by atoms with Gasteiger partial charge in [0.15, 0.2) is 5.58 Å². The average molecular weight is 350 g/mol. The zero-order valence-electron chi connectivity index (χ0n) is 15.7. The van der Waals surface area contributed by atoms with Crippen LogP contribution in [0.25, 0.3) is 44.1 Å². The summed E-state index contributed by atoms with van der Waals surface area (Å²) >= 11 is 0. The van der Waals surface area contributed by atoms with Gasteiger partial charge in [0.25, 0.3) is 0 Å². The van der Waals surface area contributed by atoms with Crippen molar-refractivity contribution in [3.8, 4) is 11.3 Å². The minimum Gasteiger partial charge on any atom is -0.454 e. The molecule has 0 fully saturated rings. The normalized spacial score (nSPS) is 12.2. The van der Waals surface area contributed by atoms with Gasteiger partial charge in [-0.15, -0.1) is 0 Å². The highest BCUT2D eigenvalue weighted by atomic mass is 16.3. The van der Waals surface area contributed by atoms with Crippen molar-refractivity contribution in [1.82, 2.24) is 9.97 Å². The molecule has 130 valence electrons. The van der Waals surface area contributed by atoms with Gasteiger partial charge >= 0.3 is 0 Å². The number of rotatable bonds is 2. The number of hydrogen-bond acceptors (Lipinski definition) is 3. The predicted octanol–water partition coefficient (Wildman–Crippen LogP) is 5.06. The first-order valence-electron chi connectivity index (χ1n) is 9.18. The summed E-state index contributed by atoms with van der Waals surface area (Å²) in [6, 6.07) is 18.7. The topological polar surface area (TPSA) is 38.9 Å². The molecule has 3 heterocycles. The number of pyridine rings is 2. The Morgan fingerprint density at radius 2 is 1.78 bits per heavy atom. The van der Waals surface area contributed by atoms with Gasteiger partial charge < -0.3 is 4.42 Å². The van der Waals surface area contributed by atoms with Crippen LogP contribution in [0.5, 0.6) is 0 Å². The molecule has 0 amide bonds. The molecule has 0 radical (unpaired) electrons. The van der Waals surface area contributed by atoms with Crippen LogP contribution in [-0.4, -0.2) is 17.8 Å². The highest BCUT2D eigenvalue weighted by Crippen LogP contribution is 2.34. The SMILES string of the molecule is BC(C)(C)c1ccnc(-c2ccc3c(c2)oc2c4ccccc4cnc32)c1. The lowest BCUT2D eigenvalue weighted by atomic mass is 9.67. The summed E-state index contributed by atoms with van der Waals surface area (Å²) in [6.45, 7) is 4.43. The molecule has 0 spiro atoms. The first kappa shape index (κ1) is 16.1. The van der Waals surface area contributed by atoms with Crippen LogP contribution >= 0.6 is 0 Å². The summed E-state index contributed by atoms with van der Waals surface area (Å²) in [7, 11) is 2.21. The highest BCUT2D eigenvalue weighted by Gasteiger charge is 2.16. The van der Waals surface area contributed by atoms with Crippen molar-refractivity contribution < 1.29 is 4.42 Å². The molecule has 2 aromatic carbocycles. The van der Waals surface area contributed by atoms with Crippen LogP contribution in [0.4, 0.5) is 0 Å². The number of hydrogen-bond donors (Lipinski definition) is 0. The van der Waals surface area contributed by atoms with Gasteiger partial charge in [-0.3, -0.25) is 9.97 Å². The summed E-state index contributed by atoms with van der Waals surface area (Å²) < 4.78 is 6.24. The van der Waals surface area contributed by atoms with Gasteiger partial charge in [-0.05, 0) is 35.1 Å². The van der Waals surface area contributed by atoms with Crippen molar-refractivity contribution in [2.24, 2.45) is 0 Å². The van der Waals surface area contributed by atoms with Gasteiger partial charge in [0.2, 0.25) is 0 Å². The number of fused-ring (bicyclic) bond motifs is 5. The van der Waals surface area contributed by atoms with Crippen LogP contribution in [0.15, 0.2) is 71.4 Å². The van der Waals surface area contributed by atoms with Crippen LogP contribution in [0, 0.1) is 0 Å². The van der Waals surface area contributed by atoms with Crippen LogP contribution in [-0.2, 0) is 5.31 Å². The van der Waals surface area contributed by atoms with Gasteiger partial charge in [0.05, 0.1) is 5.69 Å². The van der Waals surface area contributed by atoms with Crippen molar-refractivity contribution in [3.05, 3.63) is 72.6 Å². The molecule has 0 aliphatic rings. The molecule has 3 nitrogen and oxygen atoms in total. The summed E-state index contributed by atoms with van der Waals surface area (Å²) in [5, 5.41) is 3.30. The molecule has 0 bridgehead atoms. The predicted molar refractivity (Wildman–Crippen MR) is 114 cm³/mol. The Bertz CT molecular complexity index is 1310. The molecule has 0 aliphatic carbocycles. The van der Waals surface area contributed by atoms with Crippen LogP contribution in [0.2, 0.25) is 0 Å². The molecular weight excluding hydrogens is 331 g/mol. The van der Waals surface area contributed by atoms with Gasteiger partial charge in [-0.1, -0.05) is 44.2 Å². The van der Waals surface area contributed by atoms with E-state index in [4.69, 9.17) is 4.42 Å². The van der Waals surface area contributed by atoms with E-state index in [0.29, 0.717) is 0 Å². The van der Waals surface area contributed by atoms with Gasteiger partial charge in [-0.25, -0.2) is 0 Å². The summed E-state index contributed by atoms with van der Waals surface area (Å²) in [5.41, 5.74) is 5.88. The first-order valence-corrected chi connectivity index (χ1v) is 9.18. The van der Waals surface area contributed by atoms with Crippen molar-refractivity contribution >= 4 is 40.7 Å². The Balaban J connectivity index is 1.72. The van der Waals surface area contributed by atoms with Crippen LogP contribution in [0.3, 0.4) is 0 Å². The number of aromatic nitrogens is 2. The van der Waals surface area contributed by atoms with E-state index >= 15 is 0 Å². The van der Waals surface area contributed by atoms with Gasteiger partial charge in [0.1, 0.15) is 18.9 Å². The molecule has 3 aromatic heterocycles. The summed E-state index contributed by atoms with van der Waals surface area (Å²) in [6.07, 6.45) is 3.79. The lowest BCUT2D eigenvalue weighted by Gasteiger charge is -2.19. The Morgan fingerprint density at radius 3 is 2.63 bits per heavy atom. The molecule has 4 heteroatoms. The average Bonchev–Trinajstić information content (AvgIpc) is 3.06. The fourth-order valence-electron chi connectivity index (χ4n) is 3.56. The smallest absolute Gasteiger partial charge is 0.161 e. The quantitative estimate of drug-likeness (QED) is 0.418. The second-order valence-corrected chi connectivity index (χ2v) is 8.02. The van der Waals surface area contributed by atoms with E-state index in [9.17, 15) is 0 Å². The minimum absolute atomic E-state index is 0.0873. The molecule has 27 heavy (non-hydrogen) atoms. The molecule has 0 atom stereocenters. The highest BCUT2D eigenvalue weighted by molar-refractivity contribution is 6.15. The van der Waals surface area contributed by atoms with E-state index in [1.54, 1.807) is 0 Å². The molecule has 5 aromatic rings. The third-order valence-corrected chi connectivity index (χ3v) is 5.12. The van der Waals surface area contributed by atoms with E-state index in [1.807, 2.05) is 24.5 Å². The molecule has 0 aliphatic heterocycles. The Labute approximate surface area is 158 Å². The van der Waals surface area contributed by atoms with Crippen molar-refractivity contribution in [2.75, 3.05) is 0 Å². The van der Waals surface area contributed by atoms with Crippen molar-refractivity contribution in [3.63, 3.8) is 0 Å². The monoisotopic (exact) mass is 350 g/mol. The molecule has 5 rings (SSSR count). The fraction of sp³-hybridized carbons (Fsp3) is 0.130. The Kier molecular flexibility index (Phi) is 3.38. The van der Waals surface area contributed by atoms with E-state index in [2.05, 4.69) is 74.1 Å². The molecule has 0 unspecified atom stereocenters. The Morgan fingerprint density at radius 1 is 0.926 bits per heavy atom. The summed E-state index contributed by atoms with van der Waals surface area (Å²) in [5.74, 6) is 0. The van der Waals surface area contributed by atoms with E-state index in [-0.39, 0.29) is 5.31 Å². The second kappa shape index (κ2) is 5.68. The molecule has 0 saturated heterocycles. The fourth-order valence-corrected chi connectivity index (χ4v) is 3.56. The molecular formula is C23H19BN2O. The molecule has 0 N–H and O–H groups in total. The zero-order chi connectivity index (χ0) is 18.6. The number of benzene rings is 2. The number of nitrogens with zero attached hydrogens (tertiary/aromatic N) is 2. The third-order valence-electron chi connectivity index (χ3n) is 5.12. The zero-order valence-corrected chi connectivity index (χ0v) is 15.7. The van der Waals surface area contributed by atoms with Gasteiger partial charge in [-0.2, -0.15) is 0 Å². The lowest BCUT2D eigenvalue weighted by Crippen LogP contribution is -2.16. The van der Waals surface area contributed by atoms with Crippen LogP contribution in [0.1, 0.15) is 19.4 Å². The van der Waals surface area contributed by atoms with E-state index in [1.165, 1.54) is 5.56 Å². The standard InChI is InChI=1S/C23H19BN2O/c1-23(2,24)16-9-10-25-19(12-16)14-7-8-18-20(11-14)27-22-17-6-4-3-5-15(17)13-26-21(18)22/h3-13H,24H2,1-2H3. The number of furan rings is 1. The maximum Gasteiger partial charge on any atom is 0.161 e. The van der Waals surface area contributed by atoms with Crippen LogP contribution < -0.4 is 0 Å². The lowest BCUT2D eigenvalue weighted by molar-refractivity contribution is 0.672. The second-order valence-electron chi connectivity index (χ2n) is 8.02. The minimum atomic E-state index is 0.0873. The Hall–Kier alpha value is -3.14. The summed E-state index contributed by atoms with van der Waals surface area (Å²) in [4.78, 5) is 9.21. The first-order chi connectivity index (χ1) is 13.0. The van der Waals surface area contributed by atoms with E-state index < -0.39 is 0 Å². The van der Waals surface area contributed by atoms with Crippen molar-refractivity contribution in [1.29, 1.82) is 0 Å². The van der Waals surface area contributed by atoms with Crippen molar-refractivity contribution in [2.45, 2.75) is 19.2 Å².